The first kappa shape index (κ1) is 30.1. The highest BCUT2D eigenvalue weighted by atomic mass is 16.7. The summed E-state index contributed by atoms with van der Waals surface area (Å²) in [5.41, 5.74) is 7.25. The Morgan fingerprint density at radius 1 is 0.750 bits per heavy atom. The van der Waals surface area contributed by atoms with Crippen LogP contribution in [0.3, 0.4) is 0 Å². The highest BCUT2D eigenvalue weighted by molar-refractivity contribution is 5.92. The Bertz CT molecular complexity index is 1240. The normalized spacial score (nSPS) is 21.9. The molecule has 5 atom stereocenters. The van der Waals surface area contributed by atoms with Gasteiger partial charge in [-0.1, -0.05) is 30.3 Å². The van der Waals surface area contributed by atoms with E-state index in [1.54, 1.807) is 42.5 Å². The van der Waals surface area contributed by atoms with Gasteiger partial charge in [-0.3, -0.25) is 24.0 Å². The van der Waals surface area contributed by atoms with Crippen LogP contribution < -0.4 is 10.5 Å². The summed E-state index contributed by atoms with van der Waals surface area (Å²) in [6.07, 6.45) is -6.11. The van der Waals surface area contributed by atoms with Gasteiger partial charge in [-0.15, -0.1) is 0 Å². The molecular weight excluding hydrogens is 526 g/mol. The highest BCUT2D eigenvalue weighted by Crippen LogP contribution is 2.32. The quantitative estimate of drug-likeness (QED) is 0.334. The molecule has 12 heteroatoms. The predicted molar refractivity (Wildman–Crippen MR) is 137 cm³/mol. The third-order valence-electron chi connectivity index (χ3n) is 5.80. The van der Waals surface area contributed by atoms with Crippen LogP contribution in [0.25, 0.3) is 0 Å². The molecule has 1 heterocycles. The van der Waals surface area contributed by atoms with Crippen molar-refractivity contribution in [3.63, 3.8) is 0 Å². The lowest BCUT2D eigenvalue weighted by atomic mass is 9.98. The molecule has 12 nitrogen and oxygen atoms in total. The summed E-state index contributed by atoms with van der Waals surface area (Å²) in [4.78, 5) is 59.0. The van der Waals surface area contributed by atoms with Crippen LogP contribution in [-0.2, 0) is 49.3 Å². The van der Waals surface area contributed by atoms with Crippen molar-refractivity contribution in [2.24, 2.45) is 5.73 Å². The molecule has 2 aromatic rings. The number of primary amides is 1. The number of benzene rings is 2. The van der Waals surface area contributed by atoms with Crippen LogP contribution in [0.2, 0.25) is 0 Å². The molecule has 0 saturated carbocycles. The molecule has 1 unspecified atom stereocenters. The number of carbonyl (C=O) groups excluding carboxylic acids is 5. The Morgan fingerprint density at radius 3 is 1.90 bits per heavy atom. The average Bonchev–Trinajstić information content (AvgIpc) is 2.87. The number of ether oxygens (including phenoxy) is 6. The minimum Gasteiger partial charge on any atom is -0.463 e. The Hall–Kier alpha value is -4.45. The van der Waals surface area contributed by atoms with Crippen LogP contribution in [0.4, 0.5) is 0 Å². The zero-order valence-electron chi connectivity index (χ0n) is 22.5. The molecule has 0 radical (unpaired) electrons. The maximum absolute atomic E-state index is 12.1. The Labute approximate surface area is 230 Å². The van der Waals surface area contributed by atoms with Crippen molar-refractivity contribution in [3.8, 4) is 5.75 Å². The number of para-hydroxylation sites is 1. The van der Waals surface area contributed by atoms with Gasteiger partial charge >= 0.3 is 23.9 Å². The summed E-state index contributed by atoms with van der Waals surface area (Å²) in [6, 6.07) is 13.7. The molecule has 40 heavy (non-hydrogen) atoms. The van der Waals surface area contributed by atoms with E-state index in [1.165, 1.54) is 6.92 Å². The average molecular weight is 558 g/mol. The molecule has 2 N–H and O–H groups in total. The van der Waals surface area contributed by atoms with Crippen LogP contribution in [0.5, 0.6) is 5.75 Å². The summed E-state index contributed by atoms with van der Waals surface area (Å²) < 4.78 is 33.6. The van der Waals surface area contributed by atoms with Crippen molar-refractivity contribution in [2.75, 3.05) is 6.61 Å². The minimum atomic E-state index is -1.36. The number of nitrogens with two attached hydrogens (primary N) is 1. The van der Waals surface area contributed by atoms with Gasteiger partial charge in [-0.05, 0) is 29.3 Å². The van der Waals surface area contributed by atoms with Crippen LogP contribution in [0, 0.1) is 0 Å². The van der Waals surface area contributed by atoms with Crippen molar-refractivity contribution >= 4 is 29.8 Å². The van der Waals surface area contributed by atoms with Crippen LogP contribution in [0.15, 0.2) is 48.5 Å². The molecule has 3 rings (SSSR count). The lowest BCUT2D eigenvalue weighted by molar-refractivity contribution is -0.288. The molecule has 0 bridgehead atoms. The van der Waals surface area contributed by atoms with E-state index in [0.717, 1.165) is 26.3 Å². The molecule has 1 aliphatic heterocycles. The monoisotopic (exact) mass is 557 g/mol. The maximum Gasteiger partial charge on any atom is 0.303 e. The molecular formula is C28H31NO11. The number of rotatable bonds is 10. The number of hydrogen-bond acceptors (Lipinski definition) is 11. The van der Waals surface area contributed by atoms with E-state index in [1.807, 2.05) is 6.07 Å². The summed E-state index contributed by atoms with van der Waals surface area (Å²) in [7, 11) is 0. The topological polar surface area (TPSA) is 167 Å². The molecule has 0 aliphatic carbocycles. The van der Waals surface area contributed by atoms with Gasteiger partial charge in [0, 0.05) is 39.7 Å². The zero-order valence-corrected chi connectivity index (χ0v) is 22.5. The van der Waals surface area contributed by atoms with Crippen molar-refractivity contribution in [3.05, 3.63) is 65.2 Å². The van der Waals surface area contributed by atoms with Crippen LogP contribution in [-0.4, -0.2) is 67.1 Å². The van der Waals surface area contributed by atoms with Gasteiger partial charge in [0.15, 0.2) is 12.2 Å². The van der Waals surface area contributed by atoms with Gasteiger partial charge in [0.05, 0.1) is 0 Å². The Balaban J connectivity index is 1.97. The third-order valence-corrected chi connectivity index (χ3v) is 5.80. The van der Waals surface area contributed by atoms with E-state index in [4.69, 9.17) is 34.2 Å². The maximum atomic E-state index is 12.1. The molecule has 0 aromatic heterocycles. The molecule has 2 aromatic carbocycles. The first-order valence-electron chi connectivity index (χ1n) is 12.4. The number of hydrogen-bond donors (Lipinski definition) is 1. The predicted octanol–water partition coefficient (Wildman–Crippen LogP) is 1.84. The second-order valence-corrected chi connectivity index (χ2v) is 9.03. The molecule has 214 valence electrons. The lowest BCUT2D eigenvalue weighted by Crippen LogP contribution is -2.63. The van der Waals surface area contributed by atoms with Gasteiger partial charge in [0.25, 0.3) is 0 Å². The summed E-state index contributed by atoms with van der Waals surface area (Å²) in [5, 5.41) is 0. The fraction of sp³-hybridized carbons (Fsp3) is 0.393. The fourth-order valence-electron chi connectivity index (χ4n) is 4.18. The molecule has 1 amide bonds. The fourth-order valence-corrected chi connectivity index (χ4v) is 4.18. The molecule has 1 aliphatic rings. The largest absolute Gasteiger partial charge is 0.463 e. The van der Waals surface area contributed by atoms with Gasteiger partial charge in [0.1, 0.15) is 18.5 Å². The summed E-state index contributed by atoms with van der Waals surface area (Å²) >= 11 is 0. The SMILES string of the molecule is CC(=O)OC[C@H]1OC(Oc2ccccc2Cc2ccc(C(N)=O)cc2)[C@H](OC(C)=O)[C@@H](OC(C)=O)[C@@H]1OC(C)=O. The highest BCUT2D eigenvalue weighted by Gasteiger charge is 2.53. The number of amides is 1. The van der Waals surface area contributed by atoms with E-state index in [9.17, 15) is 24.0 Å². The molecule has 1 saturated heterocycles. The van der Waals surface area contributed by atoms with Crippen molar-refractivity contribution < 1.29 is 52.4 Å². The number of carbonyl (C=O) groups is 5. The standard InChI is InChI=1S/C28H31NO11/c1-15(30)35-14-23-24(36-16(2)31)25(37-17(3)32)26(38-18(4)33)28(40-23)39-22-8-6-5-7-21(22)13-19-9-11-20(12-10-19)27(29)34/h5-12,23-26,28H,13-14H2,1-4H3,(H2,29,34)/t23-,24-,25+,26-,28?/m1/s1. The van der Waals surface area contributed by atoms with Crippen molar-refractivity contribution in [2.45, 2.75) is 64.8 Å². The minimum absolute atomic E-state index is 0.349. The van der Waals surface area contributed by atoms with Crippen LogP contribution in [0.1, 0.15) is 49.2 Å². The zero-order chi connectivity index (χ0) is 29.4. The Kier molecular flexibility index (Phi) is 10.2. The van der Waals surface area contributed by atoms with Crippen molar-refractivity contribution in [1.29, 1.82) is 0 Å². The van der Waals surface area contributed by atoms with Gasteiger partial charge in [-0.2, -0.15) is 0 Å². The van der Waals surface area contributed by atoms with Gasteiger partial charge in [-0.25, -0.2) is 0 Å². The summed E-state index contributed by atoms with van der Waals surface area (Å²) in [6.45, 7) is 4.25. The lowest BCUT2D eigenvalue weighted by Gasteiger charge is -2.44. The van der Waals surface area contributed by atoms with Gasteiger partial charge < -0.3 is 34.2 Å². The summed E-state index contributed by atoms with van der Waals surface area (Å²) in [5.74, 6) is -3.02. The molecule has 1 fully saturated rings. The third kappa shape index (κ3) is 8.27. The Morgan fingerprint density at radius 2 is 1.32 bits per heavy atom. The first-order valence-corrected chi connectivity index (χ1v) is 12.4. The second-order valence-electron chi connectivity index (χ2n) is 9.03. The first-order chi connectivity index (χ1) is 18.9. The van der Waals surface area contributed by atoms with E-state index in [-0.39, 0.29) is 6.61 Å². The smallest absolute Gasteiger partial charge is 0.303 e. The molecule has 0 spiro atoms. The van der Waals surface area contributed by atoms with E-state index in [2.05, 4.69) is 0 Å². The van der Waals surface area contributed by atoms with Crippen molar-refractivity contribution in [1.82, 2.24) is 0 Å². The van der Waals surface area contributed by atoms with E-state index >= 15 is 0 Å². The van der Waals surface area contributed by atoms with Crippen LogP contribution >= 0.6 is 0 Å². The van der Waals surface area contributed by atoms with Gasteiger partial charge in [0.2, 0.25) is 18.3 Å². The van der Waals surface area contributed by atoms with E-state index in [0.29, 0.717) is 23.3 Å². The number of esters is 4. The van der Waals surface area contributed by atoms with E-state index < -0.39 is 60.5 Å². The second kappa shape index (κ2) is 13.6.